The second-order valence-corrected chi connectivity index (χ2v) is 6.89. The van der Waals surface area contributed by atoms with Crippen molar-refractivity contribution in [2.45, 2.75) is 58.6 Å². The molecule has 1 fully saturated rings. The van der Waals surface area contributed by atoms with Gasteiger partial charge in [-0.25, -0.2) is 0 Å². The summed E-state index contributed by atoms with van der Waals surface area (Å²) in [4.78, 5) is 14.1. The lowest BCUT2D eigenvalue weighted by atomic mass is 10.1. The van der Waals surface area contributed by atoms with E-state index in [4.69, 9.17) is 0 Å². The lowest BCUT2D eigenvalue weighted by Gasteiger charge is -2.23. The van der Waals surface area contributed by atoms with E-state index in [9.17, 15) is 9.90 Å². The Kier molecular flexibility index (Phi) is 3.91. The third kappa shape index (κ3) is 2.87. The third-order valence-electron chi connectivity index (χ3n) is 3.63. The molecule has 1 aliphatic heterocycles. The predicted octanol–water partition coefficient (Wildman–Crippen LogP) is 1.97. The largest absolute Gasteiger partial charge is 0.391 e. The molecule has 0 spiro atoms. The minimum Gasteiger partial charge on any atom is -0.391 e. The van der Waals surface area contributed by atoms with Crippen LogP contribution in [-0.4, -0.2) is 44.9 Å². The number of amides is 1. The van der Waals surface area contributed by atoms with Crippen molar-refractivity contribution in [3.8, 4) is 0 Å². The topological polar surface area (TPSA) is 58.4 Å². The van der Waals surface area contributed by atoms with Crippen LogP contribution in [0, 0.1) is 0 Å². The van der Waals surface area contributed by atoms with Crippen LogP contribution < -0.4 is 0 Å². The number of carbonyl (C=O) groups is 1. The van der Waals surface area contributed by atoms with Crippen molar-refractivity contribution < 1.29 is 9.90 Å². The molecule has 2 heterocycles. The van der Waals surface area contributed by atoms with Gasteiger partial charge in [0.15, 0.2) is 5.69 Å². The maximum atomic E-state index is 12.4. The monoisotopic (exact) mass is 279 g/mol. The van der Waals surface area contributed by atoms with E-state index in [0.717, 1.165) is 5.69 Å². The lowest BCUT2D eigenvalue weighted by Crippen LogP contribution is -2.31. The molecular weight excluding hydrogens is 254 g/mol. The van der Waals surface area contributed by atoms with E-state index < -0.39 is 6.10 Å². The molecule has 20 heavy (non-hydrogen) atoms. The molecule has 5 nitrogen and oxygen atoms in total. The van der Waals surface area contributed by atoms with Crippen molar-refractivity contribution in [1.82, 2.24) is 14.7 Å². The normalized spacial score (nSPS) is 19.9. The van der Waals surface area contributed by atoms with Gasteiger partial charge in [0, 0.05) is 18.8 Å². The second-order valence-electron chi connectivity index (χ2n) is 6.89. The zero-order chi connectivity index (χ0) is 15.1. The van der Waals surface area contributed by atoms with E-state index >= 15 is 0 Å². The highest BCUT2D eigenvalue weighted by Crippen LogP contribution is 2.24. The Morgan fingerprint density at radius 3 is 2.50 bits per heavy atom. The van der Waals surface area contributed by atoms with Crippen LogP contribution in [0.1, 0.15) is 63.1 Å². The molecule has 1 N–H and O–H groups in total. The number of aromatic nitrogens is 2. The summed E-state index contributed by atoms with van der Waals surface area (Å²) in [6, 6.07) is 1.89. The molecule has 0 unspecified atom stereocenters. The molecule has 2 rings (SSSR count). The van der Waals surface area contributed by atoms with E-state index in [0.29, 0.717) is 31.1 Å². The molecule has 1 amide bonds. The van der Waals surface area contributed by atoms with Gasteiger partial charge in [-0.05, 0) is 39.2 Å². The molecule has 0 bridgehead atoms. The Morgan fingerprint density at radius 1 is 1.45 bits per heavy atom. The molecule has 1 aliphatic rings. The van der Waals surface area contributed by atoms with Crippen LogP contribution in [0.5, 0.6) is 0 Å². The molecule has 0 radical (unpaired) electrons. The van der Waals surface area contributed by atoms with Crippen molar-refractivity contribution >= 4 is 5.91 Å². The van der Waals surface area contributed by atoms with Crippen LogP contribution in [-0.2, 0) is 5.54 Å². The van der Waals surface area contributed by atoms with Gasteiger partial charge >= 0.3 is 0 Å². The van der Waals surface area contributed by atoms with Gasteiger partial charge in [-0.1, -0.05) is 13.8 Å². The second kappa shape index (κ2) is 5.20. The number of carbonyl (C=O) groups excluding carboxylic acids is 1. The van der Waals surface area contributed by atoms with Crippen molar-refractivity contribution in [1.29, 1.82) is 0 Å². The first kappa shape index (κ1) is 15.0. The van der Waals surface area contributed by atoms with E-state index in [1.165, 1.54) is 0 Å². The van der Waals surface area contributed by atoms with Crippen molar-refractivity contribution in [3.63, 3.8) is 0 Å². The maximum Gasteiger partial charge on any atom is 0.274 e. The van der Waals surface area contributed by atoms with Crippen molar-refractivity contribution in [2.75, 3.05) is 13.1 Å². The summed E-state index contributed by atoms with van der Waals surface area (Å²) >= 11 is 0. The van der Waals surface area contributed by atoms with Gasteiger partial charge in [0.1, 0.15) is 0 Å². The first-order chi connectivity index (χ1) is 9.20. The highest BCUT2D eigenvalue weighted by Gasteiger charge is 2.29. The molecule has 112 valence electrons. The van der Waals surface area contributed by atoms with Crippen LogP contribution in [0.4, 0.5) is 0 Å². The van der Waals surface area contributed by atoms with Crippen LogP contribution in [0.2, 0.25) is 0 Å². The smallest absolute Gasteiger partial charge is 0.274 e. The number of aliphatic hydroxyl groups excluding tert-OH is 1. The van der Waals surface area contributed by atoms with E-state index in [1.807, 2.05) is 10.7 Å². The number of likely N-dealkylation sites (tertiary alicyclic amines) is 1. The summed E-state index contributed by atoms with van der Waals surface area (Å²) in [5.41, 5.74) is 1.40. The molecule has 0 saturated carbocycles. The van der Waals surface area contributed by atoms with Gasteiger partial charge in [-0.2, -0.15) is 5.10 Å². The number of rotatable bonds is 2. The maximum absolute atomic E-state index is 12.4. The number of aliphatic hydroxyl groups is 1. The van der Waals surface area contributed by atoms with Crippen molar-refractivity contribution in [3.05, 3.63) is 17.5 Å². The van der Waals surface area contributed by atoms with Gasteiger partial charge in [-0.15, -0.1) is 0 Å². The summed E-state index contributed by atoms with van der Waals surface area (Å²) in [5, 5.41) is 14.1. The van der Waals surface area contributed by atoms with E-state index in [2.05, 4.69) is 39.7 Å². The zero-order valence-electron chi connectivity index (χ0n) is 13.1. The Labute approximate surface area is 120 Å². The molecular formula is C15H25N3O2. The Morgan fingerprint density at radius 2 is 2.10 bits per heavy atom. The number of hydrogen-bond acceptors (Lipinski definition) is 3. The first-order valence-corrected chi connectivity index (χ1v) is 7.28. The van der Waals surface area contributed by atoms with Gasteiger partial charge in [0.2, 0.25) is 0 Å². The summed E-state index contributed by atoms with van der Waals surface area (Å²) in [7, 11) is 0. The van der Waals surface area contributed by atoms with Crippen molar-refractivity contribution in [2.24, 2.45) is 0 Å². The minimum absolute atomic E-state index is 0.0774. The van der Waals surface area contributed by atoms with Crippen LogP contribution in [0.3, 0.4) is 0 Å². The predicted molar refractivity (Wildman–Crippen MR) is 77.8 cm³/mol. The molecule has 5 heteroatoms. The highest BCUT2D eigenvalue weighted by molar-refractivity contribution is 5.92. The Hall–Kier alpha value is -1.36. The van der Waals surface area contributed by atoms with Crippen LogP contribution in [0.15, 0.2) is 6.07 Å². The van der Waals surface area contributed by atoms with E-state index in [1.54, 1.807) is 4.90 Å². The fraction of sp³-hybridized carbons (Fsp3) is 0.733. The molecule has 1 saturated heterocycles. The summed E-state index contributed by atoms with van der Waals surface area (Å²) in [5.74, 6) is 0.235. The Balaban J connectivity index is 2.31. The highest BCUT2D eigenvalue weighted by atomic mass is 16.3. The van der Waals surface area contributed by atoms with Gasteiger partial charge < -0.3 is 10.0 Å². The zero-order valence-corrected chi connectivity index (χ0v) is 13.1. The quantitative estimate of drug-likeness (QED) is 0.900. The average molecular weight is 279 g/mol. The fourth-order valence-corrected chi connectivity index (χ4v) is 2.54. The Bertz CT molecular complexity index is 500. The van der Waals surface area contributed by atoms with Crippen LogP contribution >= 0.6 is 0 Å². The molecule has 0 aliphatic carbocycles. The van der Waals surface area contributed by atoms with Gasteiger partial charge in [-0.3, -0.25) is 9.48 Å². The standard InChI is InChI=1S/C15H25N3O2/c1-10(2)13-8-12(16-18(13)15(3,4)5)14(20)17-7-6-11(19)9-17/h8,10-11,19H,6-7,9H2,1-5H3/t11-/m1/s1. The summed E-state index contributed by atoms with van der Waals surface area (Å²) in [6.07, 6.45) is 0.260. The molecule has 1 aromatic heterocycles. The lowest BCUT2D eigenvalue weighted by molar-refractivity contribution is 0.0757. The average Bonchev–Trinajstić information content (AvgIpc) is 2.93. The third-order valence-corrected chi connectivity index (χ3v) is 3.63. The summed E-state index contributed by atoms with van der Waals surface area (Å²) in [6.45, 7) is 11.5. The molecule has 1 atom stereocenters. The summed E-state index contributed by atoms with van der Waals surface area (Å²) < 4.78 is 1.94. The van der Waals surface area contributed by atoms with E-state index in [-0.39, 0.29) is 11.4 Å². The minimum atomic E-state index is -0.395. The molecule has 0 aromatic carbocycles. The van der Waals surface area contributed by atoms with Crippen LogP contribution in [0.25, 0.3) is 0 Å². The molecule has 1 aromatic rings. The fourth-order valence-electron chi connectivity index (χ4n) is 2.54. The number of hydrogen-bond donors (Lipinski definition) is 1. The first-order valence-electron chi connectivity index (χ1n) is 7.28. The van der Waals surface area contributed by atoms with Gasteiger partial charge in [0.25, 0.3) is 5.91 Å². The van der Waals surface area contributed by atoms with Gasteiger partial charge in [0.05, 0.1) is 11.6 Å². The SMILES string of the molecule is CC(C)c1cc(C(=O)N2CC[C@@H](O)C2)nn1C(C)(C)C. The number of β-amino-alcohol motifs (C(OH)–C–C–N with tert-alkyl or cyclic N) is 1. The number of nitrogens with zero attached hydrogens (tertiary/aromatic N) is 3.